The van der Waals surface area contributed by atoms with Crippen molar-refractivity contribution in [3.8, 4) is 0 Å². The van der Waals surface area contributed by atoms with Crippen LogP contribution in [-0.4, -0.2) is 54.5 Å². The number of amidine groups is 1. The zero-order valence-electron chi connectivity index (χ0n) is 19.4. The van der Waals surface area contributed by atoms with Crippen molar-refractivity contribution in [3.05, 3.63) is 77.5 Å². The van der Waals surface area contributed by atoms with Gasteiger partial charge in [-0.25, -0.2) is 4.99 Å². The minimum Gasteiger partial charge on any atom is -0.481 e. The van der Waals surface area contributed by atoms with Crippen LogP contribution in [0.15, 0.2) is 65.8 Å². The van der Waals surface area contributed by atoms with E-state index in [4.69, 9.17) is 5.11 Å². The molecule has 7 nitrogen and oxygen atoms in total. The predicted octanol–water partition coefficient (Wildman–Crippen LogP) is 3.57. The van der Waals surface area contributed by atoms with Crippen LogP contribution in [0.2, 0.25) is 0 Å². The van der Waals surface area contributed by atoms with Gasteiger partial charge in [-0.05, 0) is 26.0 Å². The van der Waals surface area contributed by atoms with Crippen LogP contribution in [0.4, 0.5) is 5.69 Å². The Labute approximate surface area is 190 Å². The number of hydrogen-bond donors (Lipinski definition) is 2. The molecule has 1 heterocycles. The molecule has 0 saturated carbocycles. The van der Waals surface area contributed by atoms with Crippen molar-refractivity contribution in [1.29, 1.82) is 0 Å². The number of carboxylic acids is 1. The van der Waals surface area contributed by atoms with Crippen molar-refractivity contribution < 1.29 is 14.7 Å². The van der Waals surface area contributed by atoms with Gasteiger partial charge >= 0.3 is 5.97 Å². The molecule has 1 atom stereocenters. The van der Waals surface area contributed by atoms with Crippen molar-refractivity contribution in [2.45, 2.75) is 33.4 Å². The van der Waals surface area contributed by atoms with Crippen LogP contribution in [0, 0.1) is 13.8 Å². The van der Waals surface area contributed by atoms with Crippen LogP contribution in [0.5, 0.6) is 0 Å². The maximum absolute atomic E-state index is 11.5. The Morgan fingerprint density at radius 2 is 1.78 bits per heavy atom. The lowest BCUT2D eigenvalue weighted by Crippen LogP contribution is -2.38. The molecule has 1 amide bonds. The Morgan fingerprint density at radius 1 is 1.16 bits per heavy atom. The fourth-order valence-corrected chi connectivity index (χ4v) is 3.35. The Morgan fingerprint density at radius 3 is 2.31 bits per heavy atom. The fraction of sp³-hybridized carbons (Fsp3) is 0.320. The normalized spacial score (nSPS) is 14.9. The lowest BCUT2D eigenvalue weighted by atomic mass is 10.1. The summed E-state index contributed by atoms with van der Waals surface area (Å²) < 4.78 is 0. The monoisotopic (exact) mass is 436 g/mol. The quantitative estimate of drug-likeness (QED) is 0.765. The van der Waals surface area contributed by atoms with Gasteiger partial charge in [-0.3, -0.25) is 9.59 Å². The first-order chi connectivity index (χ1) is 15.1. The van der Waals surface area contributed by atoms with Gasteiger partial charge in [-0.15, -0.1) is 0 Å². The van der Waals surface area contributed by atoms with Crippen LogP contribution in [0.3, 0.4) is 0 Å². The highest BCUT2D eigenvalue weighted by molar-refractivity contribution is 6.05. The predicted molar refractivity (Wildman–Crippen MR) is 129 cm³/mol. The molecule has 0 aromatic heterocycles. The molecular weight excluding hydrogens is 404 g/mol. The van der Waals surface area contributed by atoms with Crippen molar-refractivity contribution in [3.63, 3.8) is 0 Å². The minimum atomic E-state index is -0.871. The molecule has 0 bridgehead atoms. The van der Waals surface area contributed by atoms with Crippen molar-refractivity contribution in [2.75, 3.05) is 25.5 Å². The van der Waals surface area contributed by atoms with Gasteiger partial charge in [0.1, 0.15) is 5.84 Å². The number of aliphatic carboxylic acids is 1. The van der Waals surface area contributed by atoms with Crippen molar-refractivity contribution in [1.82, 2.24) is 10.2 Å². The Balaban J connectivity index is 0.000000380. The zero-order valence-corrected chi connectivity index (χ0v) is 19.4. The van der Waals surface area contributed by atoms with E-state index in [0.29, 0.717) is 18.1 Å². The number of benzene rings is 2. The topological polar surface area (TPSA) is 85.2 Å². The summed E-state index contributed by atoms with van der Waals surface area (Å²) >= 11 is 0. The van der Waals surface area contributed by atoms with E-state index >= 15 is 0 Å². The number of nitrogens with zero attached hydrogens (tertiary/aromatic N) is 3. The number of carbonyl (C=O) groups is 2. The van der Waals surface area contributed by atoms with Gasteiger partial charge < -0.3 is 20.2 Å². The Bertz CT molecular complexity index is 999. The highest BCUT2D eigenvalue weighted by atomic mass is 16.4. The molecule has 2 aromatic rings. The summed E-state index contributed by atoms with van der Waals surface area (Å²) in [6.45, 7) is 9.99. The summed E-state index contributed by atoms with van der Waals surface area (Å²) in [4.78, 5) is 30.7. The number of aryl methyl sites for hydroxylation is 2. The molecule has 0 saturated heterocycles. The maximum atomic E-state index is 11.5. The smallest absolute Gasteiger partial charge is 0.305 e. The second kappa shape index (κ2) is 11.1. The number of carboxylic acid groups (broad SMARTS) is 1. The van der Waals surface area contributed by atoms with E-state index in [1.54, 1.807) is 11.9 Å². The van der Waals surface area contributed by atoms with E-state index in [2.05, 4.69) is 55.0 Å². The van der Waals surface area contributed by atoms with Crippen LogP contribution >= 0.6 is 0 Å². The number of para-hydroxylation sites is 1. The van der Waals surface area contributed by atoms with Crippen molar-refractivity contribution >= 4 is 23.4 Å². The molecule has 3 rings (SSSR count). The third-order valence-corrected chi connectivity index (χ3v) is 5.04. The summed E-state index contributed by atoms with van der Waals surface area (Å²) in [5, 5.41) is 11.7. The molecule has 2 aromatic carbocycles. The van der Waals surface area contributed by atoms with Crippen LogP contribution in [0.1, 0.15) is 30.0 Å². The number of hydrogen-bond acceptors (Lipinski definition) is 5. The fourth-order valence-electron chi connectivity index (χ4n) is 3.35. The van der Waals surface area contributed by atoms with E-state index in [-0.39, 0.29) is 12.3 Å². The molecule has 1 aliphatic rings. The molecule has 32 heavy (non-hydrogen) atoms. The number of amides is 1. The SMILES string of the molecule is C=C1C(NC(C)=O)N=C(N(C)CCC(=O)O)c2ccccc2N1C.Cc1cccc(C)c1. The summed E-state index contributed by atoms with van der Waals surface area (Å²) in [5.74, 6) is -0.461. The molecule has 170 valence electrons. The number of benzodiazepines with no additional fused rings is 1. The average molecular weight is 437 g/mol. The summed E-state index contributed by atoms with van der Waals surface area (Å²) in [6, 6.07) is 16.1. The van der Waals surface area contributed by atoms with Gasteiger partial charge in [-0.2, -0.15) is 0 Å². The number of rotatable bonds is 4. The number of aliphatic imine (C=N–C) groups is 1. The second-order valence-corrected chi connectivity index (χ2v) is 7.85. The Hall–Kier alpha value is -3.61. The summed E-state index contributed by atoms with van der Waals surface area (Å²) in [6.07, 6.45) is -0.610. The molecule has 0 fully saturated rings. The first-order valence-corrected chi connectivity index (χ1v) is 10.4. The van der Waals surface area contributed by atoms with Gasteiger partial charge in [-0.1, -0.05) is 54.1 Å². The summed E-state index contributed by atoms with van der Waals surface area (Å²) in [7, 11) is 3.66. The minimum absolute atomic E-state index is 0.000718. The molecule has 0 spiro atoms. The summed E-state index contributed by atoms with van der Waals surface area (Å²) in [5.41, 5.74) is 5.08. The van der Waals surface area contributed by atoms with E-state index in [9.17, 15) is 9.59 Å². The molecule has 7 heteroatoms. The highest BCUT2D eigenvalue weighted by Gasteiger charge is 2.27. The lowest BCUT2D eigenvalue weighted by molar-refractivity contribution is -0.137. The van der Waals surface area contributed by atoms with Gasteiger partial charge in [0.2, 0.25) is 5.91 Å². The first kappa shape index (κ1) is 24.7. The molecule has 1 aliphatic heterocycles. The van der Waals surface area contributed by atoms with Crippen LogP contribution < -0.4 is 10.2 Å². The number of carbonyl (C=O) groups excluding carboxylic acids is 1. The van der Waals surface area contributed by atoms with Gasteiger partial charge in [0, 0.05) is 33.1 Å². The standard InChI is InChI=1S/C17H22N4O3.C8H10/c1-11-16(18-12(2)22)19-17(20(3)10-9-15(23)24)13-7-5-6-8-14(13)21(11)4;1-7-4-3-5-8(2)6-7/h5-8,16H,1,9-10H2,2-4H3,(H,18,22)(H,23,24);3-6H,1-2H3. The molecular formula is C25H32N4O3. The van der Waals surface area contributed by atoms with Gasteiger partial charge in [0.05, 0.1) is 17.8 Å². The second-order valence-electron chi connectivity index (χ2n) is 7.85. The molecule has 1 unspecified atom stereocenters. The van der Waals surface area contributed by atoms with E-state index in [1.165, 1.54) is 18.1 Å². The first-order valence-electron chi connectivity index (χ1n) is 10.4. The number of nitrogens with one attached hydrogen (secondary N) is 1. The molecule has 0 radical (unpaired) electrons. The third kappa shape index (κ3) is 6.70. The van der Waals surface area contributed by atoms with E-state index in [0.717, 1.165) is 11.3 Å². The Kier molecular flexibility index (Phi) is 8.58. The van der Waals surface area contributed by atoms with E-state index in [1.807, 2.05) is 36.2 Å². The number of fused-ring (bicyclic) bond motifs is 1. The van der Waals surface area contributed by atoms with Crippen LogP contribution in [-0.2, 0) is 9.59 Å². The zero-order chi connectivity index (χ0) is 23.8. The molecule has 0 aliphatic carbocycles. The van der Waals surface area contributed by atoms with E-state index < -0.39 is 12.1 Å². The number of anilines is 1. The maximum Gasteiger partial charge on any atom is 0.305 e. The molecule has 2 N–H and O–H groups in total. The van der Waals surface area contributed by atoms with Gasteiger partial charge in [0.25, 0.3) is 0 Å². The van der Waals surface area contributed by atoms with Crippen LogP contribution in [0.25, 0.3) is 0 Å². The highest BCUT2D eigenvalue weighted by Crippen LogP contribution is 2.28. The lowest BCUT2D eigenvalue weighted by Gasteiger charge is -2.25. The third-order valence-electron chi connectivity index (χ3n) is 5.04. The largest absolute Gasteiger partial charge is 0.481 e. The van der Waals surface area contributed by atoms with Crippen molar-refractivity contribution in [2.24, 2.45) is 4.99 Å². The van der Waals surface area contributed by atoms with Gasteiger partial charge in [0.15, 0.2) is 6.17 Å². The average Bonchev–Trinajstić information content (AvgIpc) is 2.83. The number of likely N-dealkylation sites (N-methyl/N-ethyl adjacent to an activating group) is 1.